The van der Waals surface area contributed by atoms with Crippen LogP contribution in [0.2, 0.25) is 0 Å². The zero-order valence-corrected chi connectivity index (χ0v) is 11.4. The van der Waals surface area contributed by atoms with Crippen LogP contribution >= 0.6 is 0 Å². The average molecular weight is 290 g/mol. The van der Waals surface area contributed by atoms with Crippen molar-refractivity contribution in [1.82, 2.24) is 10.2 Å². The highest BCUT2D eigenvalue weighted by molar-refractivity contribution is 5.65. The van der Waals surface area contributed by atoms with Gasteiger partial charge < -0.3 is 0 Å². The molecule has 0 saturated heterocycles. The van der Waals surface area contributed by atoms with Crippen LogP contribution in [0.1, 0.15) is 23.7 Å². The summed E-state index contributed by atoms with van der Waals surface area (Å²) in [4.78, 5) is 0. The van der Waals surface area contributed by atoms with E-state index in [2.05, 4.69) is 23.2 Å². The third kappa shape index (κ3) is 2.82. The number of halogens is 3. The number of hydrogen-bond acceptors (Lipinski definition) is 2. The topological polar surface area (TPSA) is 25.8 Å². The first-order valence-corrected chi connectivity index (χ1v) is 6.66. The molecule has 0 saturated carbocycles. The Kier molecular flexibility index (Phi) is 3.27. The van der Waals surface area contributed by atoms with Gasteiger partial charge in [0.05, 0.1) is 17.0 Å². The molecular formula is C16H13F3N2. The van der Waals surface area contributed by atoms with Gasteiger partial charge in [-0.25, -0.2) is 0 Å². The maximum Gasteiger partial charge on any atom is 0.416 e. The SMILES string of the molecule is CC1C=Cc2cc(-c3cccc(C(F)(F)F)c3)nnc2C1. The molecular weight excluding hydrogens is 277 g/mol. The molecule has 2 nitrogen and oxygen atoms in total. The monoisotopic (exact) mass is 290 g/mol. The number of fused-ring (bicyclic) bond motifs is 1. The minimum Gasteiger partial charge on any atom is -0.166 e. The fourth-order valence-electron chi connectivity index (χ4n) is 2.37. The lowest BCUT2D eigenvalue weighted by Crippen LogP contribution is -2.08. The Bertz CT molecular complexity index is 705. The summed E-state index contributed by atoms with van der Waals surface area (Å²) in [7, 11) is 0. The molecule has 0 amide bonds. The van der Waals surface area contributed by atoms with Gasteiger partial charge in [-0.1, -0.05) is 31.2 Å². The third-order valence-electron chi connectivity index (χ3n) is 3.51. The predicted molar refractivity (Wildman–Crippen MR) is 74.4 cm³/mol. The number of benzene rings is 1. The van der Waals surface area contributed by atoms with E-state index >= 15 is 0 Å². The quantitative estimate of drug-likeness (QED) is 0.779. The van der Waals surface area contributed by atoms with E-state index in [4.69, 9.17) is 0 Å². The molecule has 21 heavy (non-hydrogen) atoms. The molecule has 5 heteroatoms. The van der Waals surface area contributed by atoms with Crippen LogP contribution in [0.4, 0.5) is 13.2 Å². The molecule has 1 unspecified atom stereocenters. The fraction of sp³-hybridized carbons (Fsp3) is 0.250. The van der Waals surface area contributed by atoms with Crippen molar-refractivity contribution in [2.75, 3.05) is 0 Å². The Morgan fingerprint density at radius 2 is 1.95 bits per heavy atom. The molecule has 2 aromatic rings. The van der Waals surface area contributed by atoms with Gasteiger partial charge in [0, 0.05) is 5.56 Å². The Morgan fingerprint density at radius 3 is 2.71 bits per heavy atom. The summed E-state index contributed by atoms with van der Waals surface area (Å²) in [6, 6.07) is 6.95. The van der Waals surface area contributed by atoms with Gasteiger partial charge in [-0.05, 0) is 36.1 Å². The first kappa shape index (κ1) is 13.8. The molecule has 0 bridgehead atoms. The van der Waals surface area contributed by atoms with E-state index < -0.39 is 11.7 Å². The van der Waals surface area contributed by atoms with Crippen LogP contribution in [-0.2, 0) is 12.6 Å². The summed E-state index contributed by atoms with van der Waals surface area (Å²) in [5.41, 5.74) is 2.02. The largest absolute Gasteiger partial charge is 0.416 e. The van der Waals surface area contributed by atoms with Gasteiger partial charge in [-0.2, -0.15) is 23.4 Å². The normalized spacial score (nSPS) is 17.6. The van der Waals surface area contributed by atoms with E-state index in [0.717, 1.165) is 29.8 Å². The van der Waals surface area contributed by atoms with Crippen molar-refractivity contribution >= 4 is 6.08 Å². The van der Waals surface area contributed by atoms with Crippen LogP contribution in [0.5, 0.6) is 0 Å². The minimum atomic E-state index is -4.35. The smallest absolute Gasteiger partial charge is 0.166 e. The van der Waals surface area contributed by atoms with Crippen molar-refractivity contribution < 1.29 is 13.2 Å². The third-order valence-corrected chi connectivity index (χ3v) is 3.51. The van der Waals surface area contributed by atoms with Crippen LogP contribution in [0.15, 0.2) is 36.4 Å². The molecule has 0 fully saturated rings. The Labute approximate surface area is 120 Å². The lowest BCUT2D eigenvalue weighted by atomic mass is 9.94. The van der Waals surface area contributed by atoms with Gasteiger partial charge in [0.25, 0.3) is 0 Å². The van der Waals surface area contributed by atoms with Crippen molar-refractivity contribution in [2.24, 2.45) is 5.92 Å². The second-order valence-electron chi connectivity index (χ2n) is 5.25. The molecule has 0 aliphatic heterocycles. The van der Waals surface area contributed by atoms with E-state index in [9.17, 15) is 13.2 Å². The number of allylic oxidation sites excluding steroid dienone is 1. The van der Waals surface area contributed by atoms with E-state index in [-0.39, 0.29) is 0 Å². The summed E-state index contributed by atoms with van der Waals surface area (Å²) in [5, 5.41) is 8.22. The number of aromatic nitrogens is 2. The van der Waals surface area contributed by atoms with E-state index in [1.807, 2.05) is 6.08 Å². The van der Waals surface area contributed by atoms with E-state index in [1.165, 1.54) is 6.07 Å². The van der Waals surface area contributed by atoms with Gasteiger partial charge >= 0.3 is 6.18 Å². The zero-order valence-electron chi connectivity index (χ0n) is 11.4. The Hall–Kier alpha value is -2.17. The Balaban J connectivity index is 2.01. The first-order chi connectivity index (χ1) is 9.93. The van der Waals surface area contributed by atoms with Crippen LogP contribution in [0.25, 0.3) is 17.3 Å². The van der Waals surface area contributed by atoms with Crippen LogP contribution < -0.4 is 0 Å². The van der Waals surface area contributed by atoms with Gasteiger partial charge in [0.2, 0.25) is 0 Å². The molecule has 0 radical (unpaired) electrons. The second-order valence-corrected chi connectivity index (χ2v) is 5.25. The van der Waals surface area contributed by atoms with Crippen LogP contribution in [0.3, 0.4) is 0 Å². The second kappa shape index (κ2) is 4.98. The van der Waals surface area contributed by atoms with Crippen molar-refractivity contribution in [3.05, 3.63) is 53.2 Å². The molecule has 1 heterocycles. The molecule has 1 aromatic heterocycles. The van der Waals surface area contributed by atoms with Gasteiger partial charge in [-0.15, -0.1) is 0 Å². The highest BCUT2D eigenvalue weighted by Gasteiger charge is 2.30. The number of nitrogens with zero attached hydrogens (tertiary/aromatic N) is 2. The maximum absolute atomic E-state index is 12.8. The zero-order chi connectivity index (χ0) is 15.0. The van der Waals surface area contributed by atoms with Crippen molar-refractivity contribution in [2.45, 2.75) is 19.5 Å². The molecule has 108 valence electrons. The highest BCUT2D eigenvalue weighted by Crippen LogP contribution is 2.32. The molecule has 1 aliphatic rings. The molecule has 3 rings (SSSR count). The van der Waals surface area contributed by atoms with Crippen LogP contribution in [0, 0.1) is 5.92 Å². The lowest BCUT2D eigenvalue weighted by molar-refractivity contribution is -0.137. The Morgan fingerprint density at radius 1 is 1.14 bits per heavy atom. The first-order valence-electron chi connectivity index (χ1n) is 6.66. The molecule has 1 atom stereocenters. The van der Waals surface area contributed by atoms with Gasteiger partial charge in [-0.3, -0.25) is 0 Å². The summed E-state index contributed by atoms with van der Waals surface area (Å²) in [6.45, 7) is 2.09. The summed E-state index contributed by atoms with van der Waals surface area (Å²) in [5.74, 6) is 0.409. The number of hydrogen-bond donors (Lipinski definition) is 0. The van der Waals surface area contributed by atoms with Crippen molar-refractivity contribution in [3.63, 3.8) is 0 Å². The average Bonchev–Trinajstić information content (AvgIpc) is 2.46. The summed E-state index contributed by atoms with van der Waals surface area (Å²) >= 11 is 0. The highest BCUT2D eigenvalue weighted by atomic mass is 19.4. The van der Waals surface area contributed by atoms with E-state index in [0.29, 0.717) is 17.2 Å². The van der Waals surface area contributed by atoms with Crippen molar-refractivity contribution in [3.8, 4) is 11.3 Å². The lowest BCUT2D eigenvalue weighted by Gasteiger charge is -2.15. The van der Waals surface area contributed by atoms with Gasteiger partial charge in [0.1, 0.15) is 0 Å². The summed E-state index contributed by atoms with van der Waals surface area (Å²) in [6.07, 6.45) is 0.476. The van der Waals surface area contributed by atoms with E-state index in [1.54, 1.807) is 12.1 Å². The fourth-order valence-corrected chi connectivity index (χ4v) is 2.37. The standard InChI is InChI=1S/C16H13F3N2/c1-10-5-6-12-9-15(21-20-14(12)7-10)11-3-2-4-13(8-11)16(17,18)19/h2-6,8-10H,7H2,1H3. The van der Waals surface area contributed by atoms with Gasteiger partial charge in [0.15, 0.2) is 0 Å². The number of alkyl halides is 3. The van der Waals surface area contributed by atoms with Crippen LogP contribution in [-0.4, -0.2) is 10.2 Å². The molecule has 1 aromatic carbocycles. The van der Waals surface area contributed by atoms with Crippen molar-refractivity contribution in [1.29, 1.82) is 0 Å². The summed E-state index contributed by atoms with van der Waals surface area (Å²) < 4.78 is 38.3. The number of rotatable bonds is 1. The molecule has 1 aliphatic carbocycles. The maximum atomic E-state index is 12.8. The molecule has 0 N–H and O–H groups in total. The predicted octanol–water partition coefficient (Wildman–Crippen LogP) is 4.37. The molecule has 0 spiro atoms. The minimum absolute atomic E-state index is 0.409.